The first kappa shape index (κ1) is 22.8. The standard InChI is InChI=1S/C25H21ClN2O4S/c1-16-7-12-22-20(13-16)25(30)23(33(31,32)19-10-8-18(26)9-11-19)14-28(22)15-24(29)27-21-6-4-3-5-17(21)2/h3-14H,15H2,1-2H3,(H,27,29). The van der Waals surface area contributed by atoms with E-state index in [1.165, 1.54) is 35.0 Å². The van der Waals surface area contributed by atoms with E-state index in [-0.39, 0.29) is 22.7 Å². The number of rotatable bonds is 5. The van der Waals surface area contributed by atoms with Crippen molar-refractivity contribution in [2.24, 2.45) is 0 Å². The molecule has 6 nitrogen and oxygen atoms in total. The Kier molecular flexibility index (Phi) is 6.10. The molecule has 0 bridgehead atoms. The number of halogens is 1. The van der Waals surface area contributed by atoms with Crippen molar-refractivity contribution in [1.29, 1.82) is 0 Å². The van der Waals surface area contributed by atoms with Crippen LogP contribution in [0.15, 0.2) is 87.5 Å². The highest BCUT2D eigenvalue weighted by Crippen LogP contribution is 2.23. The number of aryl methyl sites for hydroxylation is 2. The third-order valence-corrected chi connectivity index (χ3v) is 7.36. The van der Waals surface area contributed by atoms with Gasteiger partial charge in [-0.2, -0.15) is 0 Å². The number of nitrogens with zero attached hydrogens (tertiary/aromatic N) is 1. The number of para-hydroxylation sites is 1. The van der Waals surface area contributed by atoms with Gasteiger partial charge in [0.25, 0.3) is 0 Å². The highest BCUT2D eigenvalue weighted by atomic mass is 35.5. The SMILES string of the molecule is Cc1ccc2c(c1)c(=O)c(S(=O)(=O)c1ccc(Cl)cc1)cn2CC(=O)Nc1ccccc1C. The molecule has 1 N–H and O–H groups in total. The van der Waals surface area contributed by atoms with Crippen LogP contribution in [0.3, 0.4) is 0 Å². The molecule has 1 heterocycles. The monoisotopic (exact) mass is 480 g/mol. The number of carbonyl (C=O) groups excluding carboxylic acids is 1. The summed E-state index contributed by atoms with van der Waals surface area (Å²) in [5, 5.41) is 3.46. The molecule has 0 atom stereocenters. The van der Waals surface area contributed by atoms with Gasteiger partial charge < -0.3 is 9.88 Å². The van der Waals surface area contributed by atoms with E-state index < -0.39 is 20.2 Å². The lowest BCUT2D eigenvalue weighted by molar-refractivity contribution is -0.116. The van der Waals surface area contributed by atoms with Gasteiger partial charge in [-0.25, -0.2) is 8.42 Å². The van der Waals surface area contributed by atoms with Crippen LogP contribution in [0.2, 0.25) is 5.02 Å². The largest absolute Gasteiger partial charge is 0.336 e. The number of nitrogens with one attached hydrogen (secondary N) is 1. The zero-order valence-electron chi connectivity index (χ0n) is 18.0. The number of benzene rings is 3. The number of carbonyl (C=O) groups is 1. The maximum atomic E-state index is 13.3. The highest BCUT2D eigenvalue weighted by molar-refractivity contribution is 7.91. The Morgan fingerprint density at radius 1 is 1.00 bits per heavy atom. The molecule has 4 rings (SSSR count). The molecule has 1 amide bonds. The molecule has 0 aliphatic rings. The Morgan fingerprint density at radius 2 is 1.70 bits per heavy atom. The molecule has 0 saturated carbocycles. The van der Waals surface area contributed by atoms with Gasteiger partial charge in [-0.15, -0.1) is 0 Å². The number of fused-ring (bicyclic) bond motifs is 1. The van der Waals surface area contributed by atoms with Gasteiger partial charge in [0.15, 0.2) is 0 Å². The van der Waals surface area contributed by atoms with Crippen molar-refractivity contribution in [3.05, 3.63) is 99.3 Å². The molecule has 168 valence electrons. The fraction of sp³-hybridized carbons (Fsp3) is 0.120. The quantitative estimate of drug-likeness (QED) is 0.447. The Hall–Kier alpha value is -3.42. The van der Waals surface area contributed by atoms with E-state index in [0.717, 1.165) is 11.1 Å². The number of pyridine rings is 1. The van der Waals surface area contributed by atoms with Crippen LogP contribution in [-0.4, -0.2) is 18.9 Å². The first-order valence-electron chi connectivity index (χ1n) is 10.2. The van der Waals surface area contributed by atoms with Crippen LogP contribution in [0.1, 0.15) is 11.1 Å². The Bertz CT molecular complexity index is 1540. The van der Waals surface area contributed by atoms with Crippen LogP contribution in [-0.2, 0) is 21.2 Å². The minimum absolute atomic E-state index is 0.0492. The molecular formula is C25H21ClN2O4S. The number of aromatic nitrogens is 1. The number of hydrogen-bond donors (Lipinski definition) is 1. The summed E-state index contributed by atoms with van der Waals surface area (Å²) < 4.78 is 28.1. The van der Waals surface area contributed by atoms with E-state index in [1.54, 1.807) is 18.2 Å². The van der Waals surface area contributed by atoms with Gasteiger partial charge in [-0.1, -0.05) is 41.4 Å². The molecular weight excluding hydrogens is 460 g/mol. The summed E-state index contributed by atoms with van der Waals surface area (Å²) in [6.45, 7) is 3.52. The maximum Gasteiger partial charge on any atom is 0.244 e. The van der Waals surface area contributed by atoms with E-state index in [4.69, 9.17) is 11.6 Å². The Labute approximate surface area is 196 Å². The van der Waals surface area contributed by atoms with E-state index in [9.17, 15) is 18.0 Å². The third kappa shape index (κ3) is 4.55. The lowest BCUT2D eigenvalue weighted by Crippen LogP contribution is -2.24. The molecule has 1 aromatic heterocycles. The molecule has 0 spiro atoms. The van der Waals surface area contributed by atoms with Crippen LogP contribution in [0.5, 0.6) is 0 Å². The highest BCUT2D eigenvalue weighted by Gasteiger charge is 2.24. The first-order valence-corrected chi connectivity index (χ1v) is 12.0. The molecule has 3 aromatic carbocycles. The molecule has 0 fully saturated rings. The predicted octanol–water partition coefficient (Wildman–Crippen LogP) is 4.74. The summed E-state index contributed by atoms with van der Waals surface area (Å²) in [7, 11) is -4.14. The molecule has 0 aliphatic heterocycles. The predicted molar refractivity (Wildman–Crippen MR) is 130 cm³/mol. The average Bonchev–Trinajstić information content (AvgIpc) is 2.77. The number of anilines is 1. The smallest absolute Gasteiger partial charge is 0.244 e. The van der Waals surface area contributed by atoms with Crippen molar-refractivity contribution in [2.45, 2.75) is 30.2 Å². The van der Waals surface area contributed by atoms with Crippen LogP contribution >= 0.6 is 11.6 Å². The summed E-state index contributed by atoms with van der Waals surface area (Å²) in [5.74, 6) is -0.343. The molecule has 0 saturated heterocycles. The van der Waals surface area contributed by atoms with Crippen molar-refractivity contribution in [2.75, 3.05) is 5.32 Å². The topological polar surface area (TPSA) is 85.2 Å². The van der Waals surface area contributed by atoms with E-state index in [0.29, 0.717) is 16.2 Å². The van der Waals surface area contributed by atoms with Gasteiger partial charge in [0.2, 0.25) is 21.2 Å². The van der Waals surface area contributed by atoms with Crippen molar-refractivity contribution >= 4 is 43.9 Å². The second kappa shape index (κ2) is 8.84. The summed E-state index contributed by atoms with van der Waals surface area (Å²) in [6, 6.07) is 18.1. The summed E-state index contributed by atoms with van der Waals surface area (Å²) in [5.41, 5.74) is 2.23. The molecule has 8 heteroatoms. The number of amides is 1. The van der Waals surface area contributed by atoms with Crippen molar-refractivity contribution in [3.63, 3.8) is 0 Å². The second-order valence-corrected chi connectivity index (χ2v) is 10.1. The molecule has 4 aromatic rings. The summed E-state index contributed by atoms with van der Waals surface area (Å²) in [4.78, 5) is 25.6. The zero-order valence-corrected chi connectivity index (χ0v) is 19.6. The molecule has 0 aliphatic carbocycles. The summed E-state index contributed by atoms with van der Waals surface area (Å²) in [6.07, 6.45) is 1.24. The first-order chi connectivity index (χ1) is 15.7. The van der Waals surface area contributed by atoms with Crippen LogP contribution in [0.4, 0.5) is 5.69 Å². The average molecular weight is 481 g/mol. The summed E-state index contributed by atoms with van der Waals surface area (Å²) >= 11 is 5.89. The lowest BCUT2D eigenvalue weighted by Gasteiger charge is -2.15. The second-order valence-electron chi connectivity index (χ2n) is 7.79. The van der Waals surface area contributed by atoms with E-state index in [1.807, 2.05) is 38.1 Å². The fourth-order valence-corrected chi connectivity index (χ4v) is 5.10. The normalized spacial score (nSPS) is 11.5. The van der Waals surface area contributed by atoms with Gasteiger partial charge in [-0.3, -0.25) is 9.59 Å². The van der Waals surface area contributed by atoms with Crippen molar-refractivity contribution < 1.29 is 13.2 Å². The fourth-order valence-electron chi connectivity index (χ4n) is 3.61. The van der Waals surface area contributed by atoms with Gasteiger partial charge in [-0.05, 0) is 61.9 Å². The lowest BCUT2D eigenvalue weighted by atomic mass is 10.1. The van der Waals surface area contributed by atoms with Crippen LogP contribution in [0.25, 0.3) is 10.9 Å². The number of sulfone groups is 1. The zero-order chi connectivity index (χ0) is 23.8. The van der Waals surface area contributed by atoms with Crippen LogP contribution < -0.4 is 10.7 Å². The minimum atomic E-state index is -4.14. The van der Waals surface area contributed by atoms with Gasteiger partial charge in [0, 0.05) is 22.3 Å². The van der Waals surface area contributed by atoms with E-state index >= 15 is 0 Å². The third-order valence-electron chi connectivity index (χ3n) is 5.35. The Balaban J connectivity index is 1.83. The Morgan fingerprint density at radius 3 is 2.39 bits per heavy atom. The van der Waals surface area contributed by atoms with Gasteiger partial charge in [0.05, 0.1) is 10.4 Å². The van der Waals surface area contributed by atoms with Gasteiger partial charge in [0.1, 0.15) is 11.4 Å². The maximum absolute atomic E-state index is 13.3. The molecule has 0 radical (unpaired) electrons. The molecule has 33 heavy (non-hydrogen) atoms. The van der Waals surface area contributed by atoms with Crippen molar-refractivity contribution in [1.82, 2.24) is 4.57 Å². The van der Waals surface area contributed by atoms with Gasteiger partial charge >= 0.3 is 0 Å². The van der Waals surface area contributed by atoms with E-state index in [2.05, 4.69) is 5.32 Å². The number of hydrogen-bond acceptors (Lipinski definition) is 4. The minimum Gasteiger partial charge on any atom is -0.336 e. The van der Waals surface area contributed by atoms with Crippen LogP contribution in [0, 0.1) is 13.8 Å². The van der Waals surface area contributed by atoms with Crippen molar-refractivity contribution in [3.8, 4) is 0 Å². The molecule has 0 unspecified atom stereocenters.